The van der Waals surface area contributed by atoms with Gasteiger partial charge in [-0.05, 0) is 25.0 Å². The molecule has 2 heterocycles. The van der Waals surface area contributed by atoms with Gasteiger partial charge in [-0.15, -0.1) is 0 Å². The lowest BCUT2D eigenvalue weighted by atomic mass is 10.0. The van der Waals surface area contributed by atoms with Crippen molar-refractivity contribution in [3.05, 3.63) is 40.7 Å². The van der Waals surface area contributed by atoms with Crippen molar-refractivity contribution < 1.29 is 14.3 Å². The molecule has 0 atom stereocenters. The molecule has 23 heavy (non-hydrogen) atoms. The van der Waals surface area contributed by atoms with Crippen LogP contribution in [0.3, 0.4) is 0 Å². The number of ether oxygens (including phenoxy) is 2. The minimum atomic E-state index is -0.0501. The number of nitrogens with zero attached hydrogens (tertiary/aromatic N) is 2. The van der Waals surface area contributed by atoms with Crippen molar-refractivity contribution in [3.63, 3.8) is 0 Å². The topological polar surface area (TPSA) is 65.4 Å². The van der Waals surface area contributed by atoms with Crippen molar-refractivity contribution in [2.75, 3.05) is 20.8 Å². The molecule has 0 fully saturated rings. The van der Waals surface area contributed by atoms with Crippen molar-refractivity contribution in [1.82, 2.24) is 15.1 Å². The van der Waals surface area contributed by atoms with Gasteiger partial charge < -0.3 is 14.8 Å². The quantitative estimate of drug-likeness (QED) is 0.914. The average molecular weight is 315 g/mol. The molecule has 3 rings (SSSR count). The summed E-state index contributed by atoms with van der Waals surface area (Å²) in [6.45, 7) is 3.23. The zero-order valence-electron chi connectivity index (χ0n) is 13.7. The highest BCUT2D eigenvalue weighted by Crippen LogP contribution is 2.27. The summed E-state index contributed by atoms with van der Waals surface area (Å²) in [6, 6.07) is 5.67. The van der Waals surface area contributed by atoms with Gasteiger partial charge in [0.25, 0.3) is 5.91 Å². The zero-order valence-corrected chi connectivity index (χ0v) is 13.7. The largest absolute Gasteiger partial charge is 0.497 e. The minimum Gasteiger partial charge on any atom is -0.497 e. The summed E-state index contributed by atoms with van der Waals surface area (Å²) < 4.78 is 12.5. The van der Waals surface area contributed by atoms with Crippen LogP contribution in [-0.2, 0) is 19.4 Å². The van der Waals surface area contributed by atoms with Crippen LogP contribution in [0.15, 0.2) is 18.2 Å². The van der Waals surface area contributed by atoms with Gasteiger partial charge in [-0.25, -0.2) is 0 Å². The van der Waals surface area contributed by atoms with Gasteiger partial charge in [0.05, 0.1) is 26.5 Å². The molecule has 1 aromatic heterocycles. The minimum absolute atomic E-state index is 0.0501. The Morgan fingerprint density at radius 2 is 2.13 bits per heavy atom. The van der Waals surface area contributed by atoms with Gasteiger partial charge in [0.1, 0.15) is 17.2 Å². The van der Waals surface area contributed by atoms with E-state index in [1.165, 1.54) is 0 Å². The number of carbonyl (C=O) groups is 1. The first-order valence-electron chi connectivity index (χ1n) is 7.75. The number of fused-ring (bicyclic) bond motifs is 1. The van der Waals surface area contributed by atoms with Crippen molar-refractivity contribution >= 4 is 5.91 Å². The maximum absolute atomic E-state index is 12.3. The van der Waals surface area contributed by atoms with Crippen molar-refractivity contribution in [2.24, 2.45) is 0 Å². The van der Waals surface area contributed by atoms with Crippen molar-refractivity contribution in [2.45, 2.75) is 26.3 Å². The highest BCUT2D eigenvalue weighted by molar-refractivity contribution is 5.95. The second-order valence-electron chi connectivity index (χ2n) is 5.47. The summed E-state index contributed by atoms with van der Waals surface area (Å²) in [6.07, 6.45) is 1.66. The number of hydrogen-bond acceptors (Lipinski definition) is 4. The smallest absolute Gasteiger partial charge is 0.269 e. The van der Waals surface area contributed by atoms with Crippen LogP contribution in [0, 0.1) is 0 Å². The van der Waals surface area contributed by atoms with Crippen molar-refractivity contribution in [3.8, 4) is 11.5 Å². The molecule has 0 bridgehead atoms. The van der Waals surface area contributed by atoms with Gasteiger partial charge in [-0.3, -0.25) is 9.48 Å². The Morgan fingerprint density at radius 3 is 2.83 bits per heavy atom. The Hall–Kier alpha value is -2.50. The van der Waals surface area contributed by atoms with Crippen LogP contribution >= 0.6 is 0 Å². The van der Waals surface area contributed by atoms with E-state index < -0.39 is 0 Å². The SMILES string of the molecule is CCc1nn(Cc2ccc(OC)cc2OC)c2c1CCNC2=O. The molecule has 0 spiro atoms. The molecular formula is C17H21N3O3. The fourth-order valence-corrected chi connectivity index (χ4v) is 2.99. The molecule has 1 N–H and O–H groups in total. The number of hydrogen-bond donors (Lipinski definition) is 1. The van der Waals surface area contributed by atoms with E-state index in [1.807, 2.05) is 18.2 Å². The summed E-state index contributed by atoms with van der Waals surface area (Å²) in [5, 5.41) is 7.54. The average Bonchev–Trinajstić information content (AvgIpc) is 2.94. The first-order valence-corrected chi connectivity index (χ1v) is 7.75. The number of methoxy groups -OCH3 is 2. The lowest BCUT2D eigenvalue weighted by molar-refractivity contribution is 0.0935. The maximum Gasteiger partial charge on any atom is 0.269 e. The number of aromatic nitrogens is 2. The molecule has 1 aliphatic rings. The lowest BCUT2D eigenvalue weighted by Gasteiger charge is -2.16. The molecule has 1 amide bonds. The van der Waals surface area contributed by atoms with Gasteiger partial charge >= 0.3 is 0 Å². The van der Waals surface area contributed by atoms with E-state index in [1.54, 1.807) is 18.9 Å². The van der Waals surface area contributed by atoms with Crippen LogP contribution in [0.25, 0.3) is 0 Å². The predicted octanol–water partition coefficient (Wildman–Crippen LogP) is 1.80. The zero-order chi connectivity index (χ0) is 16.4. The molecular weight excluding hydrogens is 294 g/mol. The van der Waals surface area contributed by atoms with Crippen LogP contribution in [0.4, 0.5) is 0 Å². The second kappa shape index (κ2) is 6.32. The molecule has 0 saturated carbocycles. The highest BCUT2D eigenvalue weighted by Gasteiger charge is 2.26. The first kappa shape index (κ1) is 15.4. The van der Waals surface area contributed by atoms with E-state index in [4.69, 9.17) is 9.47 Å². The number of benzene rings is 1. The number of rotatable bonds is 5. The Labute approximate surface area is 135 Å². The third-order valence-corrected chi connectivity index (χ3v) is 4.16. The third-order valence-electron chi connectivity index (χ3n) is 4.16. The lowest BCUT2D eigenvalue weighted by Crippen LogP contribution is -2.33. The van der Waals surface area contributed by atoms with E-state index in [0.717, 1.165) is 41.2 Å². The summed E-state index contributed by atoms with van der Waals surface area (Å²) in [7, 11) is 3.25. The Morgan fingerprint density at radius 1 is 1.30 bits per heavy atom. The molecule has 2 aromatic rings. The fraction of sp³-hybridized carbons (Fsp3) is 0.412. The Bertz CT molecular complexity index is 737. The van der Waals surface area contributed by atoms with Gasteiger partial charge in [0.15, 0.2) is 0 Å². The number of carbonyl (C=O) groups excluding carboxylic acids is 1. The van der Waals surface area contributed by atoms with E-state index in [2.05, 4.69) is 17.3 Å². The van der Waals surface area contributed by atoms with E-state index in [0.29, 0.717) is 18.8 Å². The molecule has 0 unspecified atom stereocenters. The first-order chi connectivity index (χ1) is 11.2. The molecule has 6 heteroatoms. The van der Waals surface area contributed by atoms with E-state index in [-0.39, 0.29) is 5.91 Å². The van der Waals surface area contributed by atoms with Gasteiger partial charge in [-0.1, -0.05) is 6.92 Å². The third kappa shape index (κ3) is 2.76. The molecule has 0 radical (unpaired) electrons. The van der Waals surface area contributed by atoms with Crippen LogP contribution in [-0.4, -0.2) is 36.5 Å². The van der Waals surface area contributed by atoms with Gasteiger partial charge in [0, 0.05) is 23.7 Å². The Kier molecular flexibility index (Phi) is 4.23. The number of aryl methyl sites for hydroxylation is 1. The molecule has 1 aromatic carbocycles. The number of nitrogens with one attached hydrogen (secondary N) is 1. The van der Waals surface area contributed by atoms with Crippen LogP contribution < -0.4 is 14.8 Å². The monoisotopic (exact) mass is 315 g/mol. The van der Waals surface area contributed by atoms with Crippen molar-refractivity contribution in [1.29, 1.82) is 0 Å². The fourth-order valence-electron chi connectivity index (χ4n) is 2.99. The molecule has 1 aliphatic heterocycles. The molecule has 0 saturated heterocycles. The number of amides is 1. The normalized spacial score (nSPS) is 13.4. The van der Waals surface area contributed by atoms with Crippen LogP contribution in [0.1, 0.15) is 34.2 Å². The summed E-state index contributed by atoms with van der Waals surface area (Å²) in [5.74, 6) is 1.41. The second-order valence-corrected chi connectivity index (χ2v) is 5.47. The maximum atomic E-state index is 12.3. The van der Waals surface area contributed by atoms with E-state index >= 15 is 0 Å². The van der Waals surface area contributed by atoms with Gasteiger partial charge in [-0.2, -0.15) is 5.10 Å². The van der Waals surface area contributed by atoms with Crippen LogP contribution in [0.2, 0.25) is 0 Å². The molecule has 6 nitrogen and oxygen atoms in total. The summed E-state index contributed by atoms with van der Waals surface area (Å²) in [5.41, 5.74) is 3.71. The molecule has 122 valence electrons. The Balaban J connectivity index is 2.01. The predicted molar refractivity (Wildman–Crippen MR) is 86.3 cm³/mol. The summed E-state index contributed by atoms with van der Waals surface area (Å²) in [4.78, 5) is 12.3. The summed E-state index contributed by atoms with van der Waals surface area (Å²) >= 11 is 0. The standard InChI is InChI=1S/C17H21N3O3/c1-4-14-13-7-8-18-17(21)16(13)20(19-14)10-11-5-6-12(22-2)9-15(11)23-3/h5-6,9H,4,7-8,10H2,1-3H3,(H,18,21). The van der Waals surface area contributed by atoms with Crippen LogP contribution in [0.5, 0.6) is 11.5 Å². The van der Waals surface area contributed by atoms with Gasteiger partial charge in [0.2, 0.25) is 0 Å². The van der Waals surface area contributed by atoms with E-state index in [9.17, 15) is 4.79 Å². The molecule has 0 aliphatic carbocycles. The highest BCUT2D eigenvalue weighted by atomic mass is 16.5.